The number of piperidine rings is 1. The Morgan fingerprint density at radius 3 is 1.35 bits per heavy atom. The third kappa shape index (κ3) is 18.9. The van der Waals surface area contributed by atoms with Crippen molar-refractivity contribution in [1.82, 2.24) is 89.7 Å². The molecule has 17 rings (SSSR count). The standard InChI is InChI=1S/C31H36N6O4.C29H28N8O3.C29H27N7O3/c1-3-4-21-5-11-25(12-6-21)37-20-27(30(40)35-41-2)28(39)26-19-32-31(34-29(26)37)33-24-9-7-22(8-10-24)23-13-15-36(16-14-23)17-18-38;1-17-31-25(35-34-17)13-8-18-6-10-21(11-7-18)32-29-30-15-23-26(38)24(28(39)36-40-2)16-37(27(23)33-29)22-12-9-19-4-3-5-20(19)14-22;1-39-34-28(38)25-17-36(23-10-7-20-3-2-4-21(20)15-23)27-24(26(25)37)16-31-29(33-27)32-22-8-5-19(6-9-22)11-13-35-14-12-30-18-35/h5-12,19-20,23,38H,3-4,13-18H2,1-2H3,(H,35,40)(H,32,33,34);6-7,9-12,14-16H,3-5,8,13H2,1-2H3,(H,36,39)(H,30,32,33)(H,31,34,35);5-10,12,14-18H,2-4,11,13H2,1H3,(H,34,38)(H,31,32,33). The first-order valence-corrected chi connectivity index (χ1v) is 39.9. The fourth-order valence-electron chi connectivity index (χ4n) is 15.4. The number of amides is 3. The van der Waals surface area contributed by atoms with E-state index in [0.717, 1.165) is 161 Å². The summed E-state index contributed by atoms with van der Waals surface area (Å²) in [7, 11) is 3.97. The largest absolute Gasteiger partial charge is 0.395 e. The molecule has 31 nitrogen and oxygen atoms in total. The molecule has 6 aromatic carbocycles. The van der Waals surface area contributed by atoms with Crippen molar-refractivity contribution in [3.8, 4) is 17.1 Å². The van der Waals surface area contributed by atoms with Gasteiger partial charge in [-0.3, -0.25) is 48.4 Å². The number of likely N-dealkylation sites (tertiary alicyclic amines) is 1. The summed E-state index contributed by atoms with van der Waals surface area (Å²) in [5.41, 5.74) is 21.2. The second-order valence-corrected chi connectivity index (χ2v) is 29.6. The topological polar surface area (TPSA) is 377 Å². The average Bonchev–Trinajstić information content (AvgIpc) is 0.855. The summed E-state index contributed by atoms with van der Waals surface area (Å²) >= 11 is 0. The fraction of sp³-hybridized carbons (Fsp3) is 0.270. The monoisotopic (exact) mass is 1610 g/mol. The molecule has 0 unspecified atom stereocenters. The number of hydroxylamine groups is 3. The molecule has 1 aliphatic heterocycles. The summed E-state index contributed by atoms with van der Waals surface area (Å²) in [6.07, 6.45) is 27.3. The minimum absolute atomic E-state index is 0.0551. The zero-order chi connectivity index (χ0) is 83.2. The third-order valence-corrected chi connectivity index (χ3v) is 21.6. The van der Waals surface area contributed by atoms with E-state index in [2.05, 4.69) is 128 Å². The maximum atomic E-state index is 13.2. The van der Waals surface area contributed by atoms with Crippen LogP contribution < -0.4 is 48.7 Å². The van der Waals surface area contributed by atoms with Crippen molar-refractivity contribution in [3.05, 3.63) is 293 Å². The number of aromatic nitrogens is 14. The van der Waals surface area contributed by atoms with Crippen LogP contribution in [0.1, 0.15) is 132 Å². The number of rotatable bonds is 26. The minimum atomic E-state index is -0.642. The molecule has 0 bridgehead atoms. The molecule has 8 aromatic heterocycles. The van der Waals surface area contributed by atoms with Gasteiger partial charge < -0.3 is 44.2 Å². The Kier molecular flexibility index (Phi) is 25.5. The van der Waals surface area contributed by atoms with E-state index in [1.54, 1.807) is 19.9 Å². The molecule has 2 aliphatic carbocycles. The normalized spacial score (nSPS) is 13.1. The number of benzene rings is 6. The smallest absolute Gasteiger partial charge is 0.280 e. The number of aryl methyl sites for hydroxylation is 10. The number of nitrogens with zero attached hydrogens (tertiary/aromatic N) is 14. The van der Waals surface area contributed by atoms with Gasteiger partial charge >= 0.3 is 0 Å². The van der Waals surface area contributed by atoms with E-state index in [1.165, 1.54) is 97.5 Å². The van der Waals surface area contributed by atoms with Crippen molar-refractivity contribution in [2.75, 3.05) is 63.5 Å². The number of nitrogens with one attached hydrogen (secondary N) is 7. The highest BCUT2D eigenvalue weighted by Gasteiger charge is 2.26. The Balaban J connectivity index is 0.000000140. The van der Waals surface area contributed by atoms with Gasteiger partial charge in [-0.15, -0.1) is 0 Å². The quantitative estimate of drug-likeness (QED) is 0.0233. The summed E-state index contributed by atoms with van der Waals surface area (Å²) in [5, 5.41) is 26.7. The van der Waals surface area contributed by atoms with Crippen LogP contribution in [0.25, 0.3) is 50.2 Å². The van der Waals surface area contributed by atoms with Gasteiger partial charge in [-0.2, -0.15) is 20.1 Å². The fourth-order valence-corrected chi connectivity index (χ4v) is 15.4. The maximum Gasteiger partial charge on any atom is 0.280 e. The van der Waals surface area contributed by atoms with Crippen LogP contribution in [0.5, 0.6) is 0 Å². The number of hydrogen-bond acceptors (Lipinski definition) is 23. The Bertz CT molecular complexity index is 6230. The third-order valence-electron chi connectivity index (χ3n) is 21.6. The number of β-amino-alcohol motifs (C(OH)–C–C–N with tert-alkyl or cyclic N) is 1. The molecule has 0 radical (unpaired) electrons. The van der Waals surface area contributed by atoms with Crippen LogP contribution in [0.4, 0.5) is 34.9 Å². The first-order chi connectivity index (χ1) is 58.6. The molecule has 8 N–H and O–H groups in total. The second kappa shape index (κ2) is 37.6. The number of H-pyrrole nitrogens is 1. The number of carbonyl (C=O) groups excluding carboxylic acids is 3. The van der Waals surface area contributed by atoms with Gasteiger partial charge in [0.15, 0.2) is 22.8 Å². The number of aliphatic hydroxyl groups is 1. The number of imidazole rings is 1. The lowest BCUT2D eigenvalue weighted by molar-refractivity contribution is 0.0532. The molecule has 0 atom stereocenters. The van der Waals surface area contributed by atoms with Crippen LogP contribution in [0, 0.1) is 6.92 Å². The van der Waals surface area contributed by atoms with E-state index in [0.29, 0.717) is 40.7 Å². The van der Waals surface area contributed by atoms with Crippen LogP contribution in [-0.2, 0) is 72.4 Å². The van der Waals surface area contributed by atoms with E-state index < -0.39 is 34.0 Å². The summed E-state index contributed by atoms with van der Waals surface area (Å²) in [5.74, 6) is 1.21. The van der Waals surface area contributed by atoms with Crippen molar-refractivity contribution < 1.29 is 34.0 Å². The summed E-state index contributed by atoms with van der Waals surface area (Å²) < 4.78 is 7.31. The van der Waals surface area contributed by atoms with Crippen molar-refractivity contribution in [3.63, 3.8) is 0 Å². The van der Waals surface area contributed by atoms with Crippen molar-refractivity contribution in [2.45, 2.75) is 110 Å². The lowest BCUT2D eigenvalue weighted by Gasteiger charge is -2.31. The lowest BCUT2D eigenvalue weighted by Crippen LogP contribution is -2.34. The number of pyridine rings is 3. The molecule has 0 saturated carbocycles. The van der Waals surface area contributed by atoms with E-state index in [9.17, 15) is 33.9 Å². The highest BCUT2D eigenvalue weighted by Crippen LogP contribution is 2.32. The average molecular weight is 1610 g/mol. The summed E-state index contributed by atoms with van der Waals surface area (Å²) in [6, 6.07) is 44.7. The van der Waals surface area contributed by atoms with Crippen molar-refractivity contribution >= 4 is 85.7 Å². The molecule has 120 heavy (non-hydrogen) atoms. The lowest BCUT2D eigenvalue weighted by atomic mass is 9.89. The predicted molar refractivity (Wildman–Crippen MR) is 456 cm³/mol. The van der Waals surface area contributed by atoms with Gasteiger partial charge in [-0.05, 0) is 214 Å². The highest BCUT2D eigenvalue weighted by atomic mass is 16.6. The molecule has 1 saturated heterocycles. The van der Waals surface area contributed by atoms with E-state index >= 15 is 0 Å². The molecule has 1 fully saturated rings. The van der Waals surface area contributed by atoms with Gasteiger partial charge in [-0.1, -0.05) is 74.0 Å². The van der Waals surface area contributed by atoms with Gasteiger partial charge in [0, 0.05) is 103 Å². The first kappa shape index (κ1) is 81.3. The number of hydrogen-bond donors (Lipinski definition) is 8. The van der Waals surface area contributed by atoms with Crippen molar-refractivity contribution in [1.29, 1.82) is 0 Å². The predicted octanol–water partition coefficient (Wildman–Crippen LogP) is 11.2. The van der Waals surface area contributed by atoms with E-state index in [4.69, 9.17) is 29.5 Å². The molecular formula is C89H91N21O10. The van der Waals surface area contributed by atoms with Crippen LogP contribution in [0.3, 0.4) is 0 Å². The molecule has 3 amide bonds. The number of aromatic amines is 1. The Morgan fingerprint density at radius 1 is 0.500 bits per heavy atom. The van der Waals surface area contributed by atoms with Crippen LogP contribution in [0.2, 0.25) is 0 Å². The second-order valence-electron chi connectivity index (χ2n) is 29.6. The van der Waals surface area contributed by atoms with Crippen LogP contribution in [-0.4, -0.2) is 144 Å². The number of aliphatic hydroxyl groups excluding tert-OH is 1. The Labute approximate surface area is 689 Å². The van der Waals surface area contributed by atoms with Gasteiger partial charge in [0.2, 0.25) is 34.1 Å². The zero-order valence-electron chi connectivity index (χ0n) is 67.1. The summed E-state index contributed by atoms with van der Waals surface area (Å²) in [6.45, 7) is 7.79. The van der Waals surface area contributed by atoms with Gasteiger partial charge in [0.1, 0.15) is 22.5 Å². The molecule has 31 heteroatoms. The molecule has 0 spiro atoms. The molecule has 9 heterocycles. The number of fused-ring (bicyclic) bond motifs is 5. The molecule has 14 aromatic rings. The number of carbonyl (C=O) groups is 3. The Hall–Kier alpha value is -13.9. The summed E-state index contributed by atoms with van der Waals surface area (Å²) in [4.78, 5) is 130. The van der Waals surface area contributed by atoms with Crippen molar-refractivity contribution in [2.24, 2.45) is 0 Å². The zero-order valence-corrected chi connectivity index (χ0v) is 67.1. The SMILES string of the molecule is CCCc1ccc(-n2cc(C(=O)NOC)c(=O)c3cnc(Nc4ccc(C5CCN(CCO)CC5)cc4)nc32)cc1.CONC(=O)c1cn(-c2ccc3c(c2)CCC3)c2nc(Nc3ccc(CCc4n[nH]c(C)n4)cc3)ncc2c1=O.CONC(=O)c1cn(-c2ccc3c(c2)CCC3)c2nc(Nc3ccc(CCn4ccnc4)cc3)ncc2c1=O. The molecule has 3 aliphatic rings. The molecule has 612 valence electrons. The molecular weight excluding hydrogens is 1520 g/mol. The van der Waals surface area contributed by atoms with Gasteiger partial charge in [0.05, 0.1) is 50.4 Å². The Morgan fingerprint density at radius 2 is 0.925 bits per heavy atom. The van der Waals surface area contributed by atoms with E-state index in [-0.39, 0.29) is 39.5 Å². The van der Waals surface area contributed by atoms with Gasteiger partial charge in [-0.25, -0.2) is 41.4 Å². The minimum Gasteiger partial charge on any atom is -0.395 e. The van der Waals surface area contributed by atoms with Crippen LogP contribution >= 0.6 is 0 Å². The van der Waals surface area contributed by atoms with E-state index in [1.807, 2.05) is 109 Å². The van der Waals surface area contributed by atoms with Gasteiger partial charge in [0.25, 0.3) is 17.7 Å². The van der Waals surface area contributed by atoms with Crippen LogP contribution in [0.15, 0.2) is 204 Å². The maximum absolute atomic E-state index is 13.2. The highest BCUT2D eigenvalue weighted by molar-refractivity contribution is 5.98. The first-order valence-electron chi connectivity index (χ1n) is 39.9. The number of anilines is 6.